The Morgan fingerprint density at radius 3 is 2.58 bits per heavy atom. The molecule has 2 nitrogen and oxygen atoms in total. The molecule has 2 fully saturated rings. The number of rotatable bonds is 6. The first-order valence-electron chi connectivity index (χ1n) is 8.38. The predicted octanol–water partition coefficient (Wildman–Crippen LogP) is 3.51. The summed E-state index contributed by atoms with van der Waals surface area (Å²) in [6.45, 7) is 9.21. The number of hydrogen-bond donors (Lipinski definition) is 1. The Morgan fingerprint density at radius 2 is 2.05 bits per heavy atom. The normalized spacial score (nSPS) is 39.0. The smallest absolute Gasteiger partial charge is 0.0331 e. The minimum atomic E-state index is 0.306. The third-order valence-electron chi connectivity index (χ3n) is 5.70. The zero-order valence-electron chi connectivity index (χ0n) is 13.5. The van der Waals surface area contributed by atoms with Crippen LogP contribution in [0, 0.1) is 23.7 Å². The van der Waals surface area contributed by atoms with E-state index in [2.05, 4.69) is 32.7 Å². The van der Waals surface area contributed by atoms with Crippen LogP contribution in [0.15, 0.2) is 0 Å². The topological polar surface area (TPSA) is 29.3 Å². The Labute approximate surface area is 120 Å². The molecule has 112 valence electrons. The molecule has 0 saturated heterocycles. The lowest BCUT2D eigenvalue weighted by Crippen LogP contribution is -2.55. The highest BCUT2D eigenvalue weighted by molar-refractivity contribution is 4.98. The van der Waals surface area contributed by atoms with Gasteiger partial charge in [-0.05, 0) is 56.4 Å². The summed E-state index contributed by atoms with van der Waals surface area (Å²) in [5, 5.41) is 0. The van der Waals surface area contributed by atoms with Crippen molar-refractivity contribution in [3.8, 4) is 0 Å². The lowest BCUT2D eigenvalue weighted by atomic mass is 9.72. The minimum Gasteiger partial charge on any atom is -0.329 e. The van der Waals surface area contributed by atoms with Gasteiger partial charge in [0.1, 0.15) is 0 Å². The standard InChI is InChI=1S/C17H34N2/c1-13(2)8-15-6-5-7-17(10-15,12-18)19(4)11-16-9-14(16)3/h13-16H,5-12,18H2,1-4H3. The summed E-state index contributed by atoms with van der Waals surface area (Å²) in [7, 11) is 2.33. The SMILES string of the molecule is CC(C)CC1CCCC(CN)(N(C)CC2CC2C)C1. The van der Waals surface area contributed by atoms with E-state index in [0.717, 1.165) is 30.2 Å². The van der Waals surface area contributed by atoms with Crippen molar-refractivity contribution in [2.24, 2.45) is 29.4 Å². The van der Waals surface area contributed by atoms with Crippen molar-refractivity contribution in [2.45, 2.75) is 64.8 Å². The van der Waals surface area contributed by atoms with Crippen molar-refractivity contribution in [2.75, 3.05) is 20.1 Å². The van der Waals surface area contributed by atoms with Gasteiger partial charge in [0.15, 0.2) is 0 Å². The van der Waals surface area contributed by atoms with Gasteiger partial charge < -0.3 is 5.73 Å². The third-order valence-corrected chi connectivity index (χ3v) is 5.70. The third kappa shape index (κ3) is 3.72. The number of nitrogens with two attached hydrogens (primary N) is 1. The number of likely N-dealkylation sites (N-methyl/N-ethyl adjacent to an activating group) is 1. The summed E-state index contributed by atoms with van der Waals surface area (Å²) in [5.41, 5.74) is 6.53. The lowest BCUT2D eigenvalue weighted by molar-refractivity contribution is 0.0477. The van der Waals surface area contributed by atoms with E-state index < -0.39 is 0 Å². The Morgan fingerprint density at radius 1 is 1.37 bits per heavy atom. The summed E-state index contributed by atoms with van der Waals surface area (Å²) >= 11 is 0. The first kappa shape index (κ1) is 15.3. The molecule has 2 aliphatic carbocycles. The highest BCUT2D eigenvalue weighted by atomic mass is 15.2. The molecule has 0 aromatic heterocycles. The zero-order chi connectivity index (χ0) is 14.0. The monoisotopic (exact) mass is 266 g/mol. The van der Waals surface area contributed by atoms with Crippen molar-refractivity contribution in [3.63, 3.8) is 0 Å². The van der Waals surface area contributed by atoms with Gasteiger partial charge >= 0.3 is 0 Å². The average molecular weight is 266 g/mol. The molecule has 4 atom stereocenters. The van der Waals surface area contributed by atoms with Crippen molar-refractivity contribution < 1.29 is 0 Å². The quantitative estimate of drug-likeness (QED) is 0.797. The molecule has 0 aromatic carbocycles. The minimum absolute atomic E-state index is 0.306. The maximum Gasteiger partial charge on any atom is 0.0331 e. The fraction of sp³-hybridized carbons (Fsp3) is 1.00. The summed E-state index contributed by atoms with van der Waals surface area (Å²) in [5.74, 6) is 3.62. The molecule has 19 heavy (non-hydrogen) atoms. The van der Waals surface area contributed by atoms with Crippen LogP contribution in [0.25, 0.3) is 0 Å². The van der Waals surface area contributed by atoms with Crippen LogP contribution in [0.5, 0.6) is 0 Å². The molecule has 2 saturated carbocycles. The highest BCUT2D eigenvalue weighted by Gasteiger charge is 2.42. The van der Waals surface area contributed by atoms with E-state index in [4.69, 9.17) is 5.73 Å². The molecule has 0 radical (unpaired) electrons. The van der Waals surface area contributed by atoms with Crippen LogP contribution in [0.1, 0.15) is 59.3 Å². The molecular weight excluding hydrogens is 232 g/mol. The molecule has 0 aromatic rings. The van der Waals surface area contributed by atoms with E-state index in [9.17, 15) is 0 Å². The second kappa shape index (κ2) is 6.13. The first-order valence-corrected chi connectivity index (χ1v) is 8.38. The van der Waals surface area contributed by atoms with Gasteiger partial charge in [0.2, 0.25) is 0 Å². The van der Waals surface area contributed by atoms with Crippen LogP contribution < -0.4 is 5.73 Å². The highest BCUT2D eigenvalue weighted by Crippen LogP contribution is 2.43. The van der Waals surface area contributed by atoms with Crippen molar-refractivity contribution in [1.82, 2.24) is 4.90 Å². The predicted molar refractivity (Wildman–Crippen MR) is 83.1 cm³/mol. The Balaban J connectivity index is 1.95. The Bertz CT molecular complexity index is 289. The fourth-order valence-corrected chi connectivity index (χ4v) is 4.22. The Hall–Kier alpha value is -0.0800. The number of nitrogens with zero attached hydrogens (tertiary/aromatic N) is 1. The summed E-state index contributed by atoms with van der Waals surface area (Å²) in [6, 6.07) is 0. The molecule has 4 unspecified atom stereocenters. The zero-order valence-corrected chi connectivity index (χ0v) is 13.5. The van der Waals surface area contributed by atoms with Gasteiger partial charge in [-0.3, -0.25) is 4.90 Å². The molecule has 2 heteroatoms. The van der Waals surface area contributed by atoms with Crippen molar-refractivity contribution >= 4 is 0 Å². The van der Waals surface area contributed by atoms with E-state index in [-0.39, 0.29) is 0 Å². The molecule has 0 bridgehead atoms. The van der Waals surface area contributed by atoms with Crippen LogP contribution in [0.3, 0.4) is 0 Å². The van der Waals surface area contributed by atoms with Gasteiger partial charge in [0.05, 0.1) is 0 Å². The molecule has 2 N–H and O–H groups in total. The number of hydrogen-bond acceptors (Lipinski definition) is 2. The maximum absolute atomic E-state index is 6.22. The van der Waals surface area contributed by atoms with Crippen LogP contribution in [-0.2, 0) is 0 Å². The first-order chi connectivity index (χ1) is 8.97. The second-order valence-corrected chi connectivity index (χ2v) is 7.87. The fourth-order valence-electron chi connectivity index (χ4n) is 4.22. The Kier molecular flexibility index (Phi) is 4.94. The summed E-state index contributed by atoms with van der Waals surface area (Å²) < 4.78 is 0. The molecule has 2 rings (SSSR count). The van der Waals surface area contributed by atoms with E-state index in [0.29, 0.717) is 5.54 Å². The molecule has 2 aliphatic rings. The van der Waals surface area contributed by atoms with Gasteiger partial charge in [-0.25, -0.2) is 0 Å². The molecule has 0 amide bonds. The molecule has 0 aliphatic heterocycles. The molecule has 0 heterocycles. The summed E-state index contributed by atoms with van der Waals surface area (Å²) in [4.78, 5) is 2.63. The van der Waals surface area contributed by atoms with Crippen LogP contribution in [-0.4, -0.2) is 30.6 Å². The second-order valence-electron chi connectivity index (χ2n) is 7.87. The lowest BCUT2D eigenvalue weighted by Gasteiger charge is -2.47. The van der Waals surface area contributed by atoms with Gasteiger partial charge in [-0.1, -0.05) is 33.6 Å². The maximum atomic E-state index is 6.22. The van der Waals surface area contributed by atoms with Gasteiger partial charge in [0.25, 0.3) is 0 Å². The average Bonchev–Trinajstić information content (AvgIpc) is 3.04. The van der Waals surface area contributed by atoms with Crippen LogP contribution in [0.2, 0.25) is 0 Å². The van der Waals surface area contributed by atoms with Crippen LogP contribution >= 0.6 is 0 Å². The summed E-state index contributed by atoms with van der Waals surface area (Å²) in [6.07, 6.45) is 8.26. The molecule has 0 spiro atoms. The van der Waals surface area contributed by atoms with Crippen LogP contribution in [0.4, 0.5) is 0 Å². The van der Waals surface area contributed by atoms with Crippen molar-refractivity contribution in [3.05, 3.63) is 0 Å². The van der Waals surface area contributed by atoms with Crippen molar-refractivity contribution in [1.29, 1.82) is 0 Å². The van der Waals surface area contributed by atoms with Gasteiger partial charge in [-0.15, -0.1) is 0 Å². The molecular formula is C17H34N2. The van der Waals surface area contributed by atoms with E-state index in [1.807, 2.05) is 0 Å². The largest absolute Gasteiger partial charge is 0.329 e. The van der Waals surface area contributed by atoms with Gasteiger partial charge in [0, 0.05) is 18.6 Å². The van der Waals surface area contributed by atoms with Gasteiger partial charge in [-0.2, -0.15) is 0 Å². The van der Waals surface area contributed by atoms with E-state index in [1.165, 1.54) is 45.1 Å². The van der Waals surface area contributed by atoms with E-state index >= 15 is 0 Å². The van der Waals surface area contributed by atoms with E-state index in [1.54, 1.807) is 0 Å².